The molecular formula is C13H18N4O3. The fourth-order valence-electron chi connectivity index (χ4n) is 2.26. The van der Waals surface area contributed by atoms with Gasteiger partial charge in [0, 0.05) is 25.5 Å². The number of aromatic nitrogens is 2. The van der Waals surface area contributed by atoms with Gasteiger partial charge in [-0.05, 0) is 12.3 Å². The molecule has 1 aromatic rings. The van der Waals surface area contributed by atoms with Crippen molar-refractivity contribution < 1.29 is 14.4 Å². The van der Waals surface area contributed by atoms with Crippen molar-refractivity contribution in [3.05, 3.63) is 18.7 Å². The number of carbonyl (C=O) groups excluding carboxylic acids is 3. The zero-order chi connectivity index (χ0) is 14.7. The van der Waals surface area contributed by atoms with Gasteiger partial charge < -0.3 is 4.57 Å². The highest BCUT2D eigenvalue weighted by Crippen LogP contribution is 2.19. The molecule has 2 rings (SSSR count). The van der Waals surface area contributed by atoms with Crippen LogP contribution in [0.1, 0.15) is 20.3 Å². The summed E-state index contributed by atoms with van der Waals surface area (Å²) in [4.78, 5) is 40.7. The summed E-state index contributed by atoms with van der Waals surface area (Å²) >= 11 is 0. The van der Waals surface area contributed by atoms with Gasteiger partial charge in [-0.2, -0.15) is 0 Å². The molecule has 1 saturated heterocycles. The van der Waals surface area contributed by atoms with Gasteiger partial charge in [0.2, 0.25) is 11.8 Å². The molecule has 0 aromatic carbocycles. The van der Waals surface area contributed by atoms with Crippen molar-refractivity contribution in [3.63, 3.8) is 0 Å². The maximum absolute atomic E-state index is 12.2. The second kappa shape index (κ2) is 5.85. The van der Waals surface area contributed by atoms with Gasteiger partial charge >= 0.3 is 6.03 Å². The maximum atomic E-state index is 12.2. The highest BCUT2D eigenvalue weighted by molar-refractivity contribution is 6.16. The molecular weight excluding hydrogens is 260 g/mol. The van der Waals surface area contributed by atoms with E-state index in [1.54, 1.807) is 26.4 Å². The van der Waals surface area contributed by atoms with Crippen LogP contribution in [0.4, 0.5) is 4.79 Å². The second-order valence-corrected chi connectivity index (χ2v) is 5.16. The number of barbiturate groups is 1. The molecule has 1 atom stereocenters. The van der Waals surface area contributed by atoms with Crippen molar-refractivity contribution in [2.75, 3.05) is 6.54 Å². The second-order valence-electron chi connectivity index (χ2n) is 5.16. The zero-order valence-corrected chi connectivity index (χ0v) is 11.6. The first-order valence-electron chi connectivity index (χ1n) is 6.62. The van der Waals surface area contributed by atoms with E-state index in [2.05, 4.69) is 10.3 Å². The molecule has 7 heteroatoms. The van der Waals surface area contributed by atoms with E-state index in [9.17, 15) is 14.4 Å². The Kier molecular flexibility index (Phi) is 4.16. The lowest BCUT2D eigenvalue weighted by Crippen LogP contribution is -2.59. The summed E-state index contributed by atoms with van der Waals surface area (Å²) in [7, 11) is 0. The zero-order valence-electron chi connectivity index (χ0n) is 11.6. The predicted octanol–water partition coefficient (Wildman–Crippen LogP) is 0.624. The van der Waals surface area contributed by atoms with Gasteiger partial charge in [-0.3, -0.25) is 19.8 Å². The highest BCUT2D eigenvalue weighted by Gasteiger charge is 2.41. The van der Waals surface area contributed by atoms with Crippen LogP contribution in [-0.2, 0) is 16.1 Å². The molecule has 0 aliphatic carbocycles. The van der Waals surface area contributed by atoms with Crippen molar-refractivity contribution in [3.8, 4) is 0 Å². The van der Waals surface area contributed by atoms with E-state index in [-0.39, 0.29) is 5.92 Å². The number of hydrogen-bond donors (Lipinski definition) is 1. The number of urea groups is 1. The minimum Gasteiger partial charge on any atom is -0.337 e. The Morgan fingerprint density at radius 2 is 2.05 bits per heavy atom. The first-order chi connectivity index (χ1) is 9.50. The third kappa shape index (κ3) is 2.87. The monoisotopic (exact) mass is 278 g/mol. The molecule has 0 saturated carbocycles. The van der Waals surface area contributed by atoms with Gasteiger partial charge in [-0.15, -0.1) is 0 Å². The van der Waals surface area contributed by atoms with Crippen LogP contribution in [0.5, 0.6) is 0 Å². The topological polar surface area (TPSA) is 84.3 Å². The van der Waals surface area contributed by atoms with E-state index in [0.717, 1.165) is 4.90 Å². The van der Waals surface area contributed by atoms with Crippen LogP contribution < -0.4 is 5.32 Å². The number of nitrogens with zero attached hydrogens (tertiary/aromatic N) is 3. The van der Waals surface area contributed by atoms with Gasteiger partial charge in [-0.1, -0.05) is 13.8 Å². The summed E-state index contributed by atoms with van der Waals surface area (Å²) in [5, 5.41) is 2.24. The van der Waals surface area contributed by atoms with Crippen LogP contribution in [0.15, 0.2) is 18.7 Å². The lowest BCUT2D eigenvalue weighted by molar-refractivity contribution is -0.144. The van der Waals surface area contributed by atoms with Gasteiger partial charge in [-0.25, -0.2) is 9.78 Å². The van der Waals surface area contributed by atoms with E-state index in [1.807, 2.05) is 10.8 Å². The molecule has 0 spiro atoms. The van der Waals surface area contributed by atoms with Crippen LogP contribution in [0.3, 0.4) is 0 Å². The number of carbonyl (C=O) groups is 3. The molecule has 1 unspecified atom stereocenters. The minimum atomic E-state index is -0.777. The van der Waals surface area contributed by atoms with E-state index in [0.29, 0.717) is 19.5 Å². The summed E-state index contributed by atoms with van der Waals surface area (Å²) in [6.45, 7) is 4.54. The van der Waals surface area contributed by atoms with Crippen LogP contribution >= 0.6 is 0 Å². The number of imide groups is 2. The number of aryl methyl sites for hydroxylation is 1. The summed E-state index contributed by atoms with van der Waals surface area (Å²) in [5.41, 5.74) is 0. The van der Waals surface area contributed by atoms with E-state index in [4.69, 9.17) is 0 Å². The molecule has 2 heterocycles. The van der Waals surface area contributed by atoms with Gasteiger partial charge in [0.05, 0.1) is 6.33 Å². The fourth-order valence-corrected chi connectivity index (χ4v) is 2.26. The van der Waals surface area contributed by atoms with Crippen molar-refractivity contribution in [1.82, 2.24) is 19.8 Å². The molecule has 1 N–H and O–H groups in total. The Morgan fingerprint density at radius 3 is 2.65 bits per heavy atom. The molecule has 1 aliphatic rings. The average Bonchev–Trinajstić information content (AvgIpc) is 2.85. The van der Waals surface area contributed by atoms with E-state index in [1.165, 1.54) is 0 Å². The summed E-state index contributed by atoms with van der Waals surface area (Å²) in [5.74, 6) is -1.81. The first kappa shape index (κ1) is 14.2. The third-order valence-electron chi connectivity index (χ3n) is 3.31. The Morgan fingerprint density at radius 1 is 1.30 bits per heavy atom. The summed E-state index contributed by atoms with van der Waals surface area (Å²) in [6, 6.07) is -0.623. The maximum Gasteiger partial charge on any atom is 0.330 e. The van der Waals surface area contributed by atoms with Crippen molar-refractivity contribution in [1.29, 1.82) is 0 Å². The minimum absolute atomic E-state index is 0.133. The molecule has 0 radical (unpaired) electrons. The number of amides is 4. The largest absolute Gasteiger partial charge is 0.337 e. The number of imidazole rings is 1. The fraction of sp³-hybridized carbons (Fsp3) is 0.538. The summed E-state index contributed by atoms with van der Waals surface area (Å²) < 4.78 is 1.87. The van der Waals surface area contributed by atoms with Crippen LogP contribution in [-0.4, -0.2) is 38.8 Å². The standard InChI is InChI=1S/C13H18N4O3/c1-9(2)10-11(18)15-13(20)17(12(10)19)6-3-5-16-7-4-14-8-16/h4,7-10H,3,5-6H2,1-2H3,(H,15,18,20). The first-order valence-corrected chi connectivity index (χ1v) is 6.62. The number of rotatable bonds is 5. The Labute approximate surface area is 117 Å². The summed E-state index contributed by atoms with van der Waals surface area (Å²) in [6.07, 6.45) is 5.79. The normalized spacial score (nSPS) is 19.6. The van der Waals surface area contributed by atoms with Crippen molar-refractivity contribution >= 4 is 17.8 Å². The molecule has 1 fully saturated rings. The molecule has 20 heavy (non-hydrogen) atoms. The van der Waals surface area contributed by atoms with Crippen molar-refractivity contribution in [2.45, 2.75) is 26.8 Å². The molecule has 1 aromatic heterocycles. The lowest BCUT2D eigenvalue weighted by atomic mass is 9.92. The van der Waals surface area contributed by atoms with Gasteiger partial charge in [0.15, 0.2) is 0 Å². The molecule has 7 nitrogen and oxygen atoms in total. The Balaban J connectivity index is 1.97. The van der Waals surface area contributed by atoms with Crippen LogP contribution in [0.2, 0.25) is 0 Å². The molecule has 108 valence electrons. The van der Waals surface area contributed by atoms with E-state index >= 15 is 0 Å². The number of nitrogens with one attached hydrogen (secondary N) is 1. The van der Waals surface area contributed by atoms with Gasteiger partial charge in [0.1, 0.15) is 5.92 Å². The van der Waals surface area contributed by atoms with E-state index < -0.39 is 23.8 Å². The smallest absolute Gasteiger partial charge is 0.330 e. The predicted molar refractivity (Wildman–Crippen MR) is 70.4 cm³/mol. The quantitative estimate of drug-likeness (QED) is 0.800. The van der Waals surface area contributed by atoms with Crippen molar-refractivity contribution in [2.24, 2.45) is 11.8 Å². The Hall–Kier alpha value is -2.18. The Bertz CT molecular complexity index is 510. The third-order valence-corrected chi connectivity index (χ3v) is 3.31. The molecule has 0 bridgehead atoms. The van der Waals surface area contributed by atoms with Crippen LogP contribution in [0, 0.1) is 11.8 Å². The highest BCUT2D eigenvalue weighted by atomic mass is 16.2. The molecule has 4 amide bonds. The molecule has 1 aliphatic heterocycles. The average molecular weight is 278 g/mol. The lowest BCUT2D eigenvalue weighted by Gasteiger charge is -2.31. The number of hydrogen-bond acceptors (Lipinski definition) is 4. The van der Waals surface area contributed by atoms with Crippen LogP contribution in [0.25, 0.3) is 0 Å². The SMILES string of the molecule is CC(C)C1C(=O)NC(=O)N(CCCn2ccnc2)C1=O. The van der Waals surface area contributed by atoms with Gasteiger partial charge in [0.25, 0.3) is 0 Å².